The van der Waals surface area contributed by atoms with Crippen molar-refractivity contribution in [3.05, 3.63) is 65.5 Å². The van der Waals surface area contributed by atoms with E-state index in [1.54, 1.807) is 36.7 Å². The van der Waals surface area contributed by atoms with E-state index in [9.17, 15) is 4.79 Å². The van der Waals surface area contributed by atoms with Gasteiger partial charge in [0.15, 0.2) is 0 Å². The summed E-state index contributed by atoms with van der Waals surface area (Å²) in [7, 11) is 1.71. The van der Waals surface area contributed by atoms with Crippen LogP contribution in [0.25, 0.3) is 11.3 Å². The lowest BCUT2D eigenvalue weighted by Crippen LogP contribution is -2.26. The highest BCUT2D eigenvalue weighted by molar-refractivity contribution is 7.97. The van der Waals surface area contributed by atoms with Gasteiger partial charge < -0.3 is 9.32 Å². The van der Waals surface area contributed by atoms with E-state index in [1.807, 2.05) is 30.5 Å². The lowest BCUT2D eigenvalue weighted by atomic mass is 10.1. The maximum Gasteiger partial charge on any atom is 0.254 e. The van der Waals surface area contributed by atoms with Crippen LogP contribution in [0.5, 0.6) is 0 Å². The Kier molecular flexibility index (Phi) is 5.68. The van der Waals surface area contributed by atoms with Crippen molar-refractivity contribution in [2.45, 2.75) is 19.2 Å². The Morgan fingerprint density at radius 2 is 2.08 bits per heavy atom. The third kappa shape index (κ3) is 4.29. The van der Waals surface area contributed by atoms with Gasteiger partial charge in [-0.1, -0.05) is 18.2 Å². The Bertz CT molecular complexity index is 893. The van der Waals surface area contributed by atoms with E-state index in [0.29, 0.717) is 17.3 Å². The lowest BCUT2D eigenvalue weighted by Gasteiger charge is -2.15. The fraction of sp³-hybridized carbons (Fsp3) is 0.263. The minimum Gasteiger partial charge on any atom is -0.424 e. The highest BCUT2D eigenvalue weighted by Gasteiger charge is 2.15. The van der Waals surface area contributed by atoms with Crippen molar-refractivity contribution in [2.24, 2.45) is 0 Å². The number of thioether (sulfide) groups is 1. The maximum absolute atomic E-state index is 12.7. The summed E-state index contributed by atoms with van der Waals surface area (Å²) in [4.78, 5) is 18.8. The minimum atomic E-state index is -0.110. The molecule has 0 aliphatic rings. The average molecular weight is 368 g/mol. The molecule has 0 saturated carbocycles. The molecule has 0 bridgehead atoms. The summed E-state index contributed by atoms with van der Waals surface area (Å²) in [5, 5.41) is 7.71. The molecule has 0 atom stereocenters. The second kappa shape index (κ2) is 8.14. The van der Waals surface area contributed by atoms with Crippen LogP contribution in [0.15, 0.2) is 47.0 Å². The van der Waals surface area contributed by atoms with Crippen molar-refractivity contribution < 1.29 is 9.21 Å². The van der Waals surface area contributed by atoms with E-state index in [2.05, 4.69) is 27.5 Å². The third-order valence-corrected chi connectivity index (χ3v) is 4.45. The quantitative estimate of drug-likeness (QED) is 0.662. The molecule has 2 heterocycles. The number of rotatable bonds is 6. The van der Waals surface area contributed by atoms with Gasteiger partial charge in [-0.2, -0.15) is 11.8 Å². The van der Waals surface area contributed by atoms with Gasteiger partial charge in [0.05, 0.1) is 12.2 Å². The topological polar surface area (TPSA) is 72.1 Å². The fourth-order valence-corrected chi connectivity index (χ4v) is 3.06. The van der Waals surface area contributed by atoms with Crippen LogP contribution < -0.4 is 0 Å². The summed E-state index contributed by atoms with van der Waals surface area (Å²) < 4.78 is 5.34. The molecule has 1 aromatic carbocycles. The molecule has 0 radical (unpaired) electrons. The molecule has 0 aliphatic carbocycles. The second-order valence-corrected chi connectivity index (χ2v) is 6.81. The van der Waals surface area contributed by atoms with Crippen LogP contribution in [0.2, 0.25) is 0 Å². The summed E-state index contributed by atoms with van der Waals surface area (Å²) in [5.41, 5.74) is 3.53. The SMILES string of the molecule is CSCc1ccc(-c2cccc(C(=O)N(C)Cc3nnc(C)o3)c2)nc1. The van der Waals surface area contributed by atoms with Crippen molar-refractivity contribution in [1.29, 1.82) is 0 Å². The summed E-state index contributed by atoms with van der Waals surface area (Å²) in [6, 6.07) is 11.5. The molecule has 0 unspecified atom stereocenters. The number of pyridine rings is 1. The van der Waals surface area contributed by atoms with E-state index in [-0.39, 0.29) is 12.5 Å². The first-order chi connectivity index (χ1) is 12.6. The molecular formula is C19H20N4O2S. The molecule has 0 N–H and O–H groups in total. The first-order valence-corrected chi connectivity index (χ1v) is 9.55. The zero-order chi connectivity index (χ0) is 18.5. The Morgan fingerprint density at radius 3 is 2.73 bits per heavy atom. The zero-order valence-corrected chi connectivity index (χ0v) is 15.8. The highest BCUT2D eigenvalue weighted by Crippen LogP contribution is 2.20. The fourth-order valence-electron chi connectivity index (χ4n) is 2.56. The normalized spacial score (nSPS) is 10.7. The van der Waals surface area contributed by atoms with Crippen molar-refractivity contribution in [2.75, 3.05) is 13.3 Å². The molecule has 0 fully saturated rings. The van der Waals surface area contributed by atoms with E-state index in [0.717, 1.165) is 17.0 Å². The van der Waals surface area contributed by atoms with Crippen LogP contribution in [0.1, 0.15) is 27.7 Å². The number of benzene rings is 1. The monoisotopic (exact) mass is 368 g/mol. The summed E-state index contributed by atoms with van der Waals surface area (Å²) in [5.74, 6) is 1.73. The molecule has 3 aromatic rings. The van der Waals surface area contributed by atoms with Crippen LogP contribution in [0, 0.1) is 6.92 Å². The molecular weight excluding hydrogens is 348 g/mol. The third-order valence-electron chi connectivity index (χ3n) is 3.83. The van der Waals surface area contributed by atoms with Crippen LogP contribution in [0.4, 0.5) is 0 Å². The molecule has 7 heteroatoms. The summed E-state index contributed by atoms with van der Waals surface area (Å²) >= 11 is 1.76. The number of nitrogens with zero attached hydrogens (tertiary/aromatic N) is 4. The number of carbonyl (C=O) groups excluding carboxylic acids is 1. The van der Waals surface area contributed by atoms with Crippen LogP contribution in [0.3, 0.4) is 0 Å². The number of hydrogen-bond donors (Lipinski definition) is 0. The smallest absolute Gasteiger partial charge is 0.254 e. The largest absolute Gasteiger partial charge is 0.424 e. The number of amides is 1. The van der Waals surface area contributed by atoms with Crippen molar-refractivity contribution in [3.8, 4) is 11.3 Å². The number of hydrogen-bond acceptors (Lipinski definition) is 6. The number of carbonyl (C=O) groups is 1. The lowest BCUT2D eigenvalue weighted by molar-refractivity contribution is 0.0772. The summed E-state index contributed by atoms with van der Waals surface area (Å²) in [6.07, 6.45) is 3.94. The molecule has 2 aromatic heterocycles. The van der Waals surface area contributed by atoms with Crippen molar-refractivity contribution in [3.63, 3.8) is 0 Å². The van der Waals surface area contributed by atoms with Gasteiger partial charge in [0, 0.05) is 37.0 Å². The highest BCUT2D eigenvalue weighted by atomic mass is 32.2. The van der Waals surface area contributed by atoms with Gasteiger partial charge in [-0.25, -0.2) is 0 Å². The average Bonchev–Trinajstić information content (AvgIpc) is 3.07. The minimum absolute atomic E-state index is 0.110. The Balaban J connectivity index is 1.76. The molecule has 134 valence electrons. The molecule has 0 saturated heterocycles. The Morgan fingerprint density at radius 1 is 1.23 bits per heavy atom. The van der Waals surface area contributed by atoms with Crippen molar-refractivity contribution >= 4 is 17.7 Å². The first kappa shape index (κ1) is 18.1. The predicted molar refractivity (Wildman–Crippen MR) is 102 cm³/mol. The van der Waals surface area contributed by atoms with E-state index in [1.165, 1.54) is 5.56 Å². The molecule has 26 heavy (non-hydrogen) atoms. The van der Waals surface area contributed by atoms with Gasteiger partial charge in [-0.05, 0) is 30.0 Å². The van der Waals surface area contributed by atoms with Crippen LogP contribution in [-0.2, 0) is 12.3 Å². The van der Waals surface area contributed by atoms with E-state index >= 15 is 0 Å². The van der Waals surface area contributed by atoms with Gasteiger partial charge in [0.25, 0.3) is 5.91 Å². The zero-order valence-electron chi connectivity index (χ0n) is 15.0. The van der Waals surface area contributed by atoms with Gasteiger partial charge >= 0.3 is 0 Å². The molecule has 0 aliphatic heterocycles. The van der Waals surface area contributed by atoms with Crippen LogP contribution in [-0.4, -0.2) is 39.3 Å². The predicted octanol–water partition coefficient (Wildman–Crippen LogP) is 3.58. The van der Waals surface area contributed by atoms with E-state index in [4.69, 9.17) is 4.42 Å². The van der Waals surface area contributed by atoms with Gasteiger partial charge in [0.2, 0.25) is 11.8 Å². The standard InChI is InChI=1S/C19H20N4O2S/c1-13-21-22-18(25-13)11-23(2)19(24)16-6-4-5-15(9-16)17-8-7-14(10-20-17)12-26-3/h4-10H,11-12H2,1-3H3. The molecule has 1 amide bonds. The van der Waals surface area contributed by atoms with Crippen LogP contribution >= 0.6 is 11.8 Å². The second-order valence-electron chi connectivity index (χ2n) is 5.94. The van der Waals surface area contributed by atoms with Crippen molar-refractivity contribution in [1.82, 2.24) is 20.1 Å². The maximum atomic E-state index is 12.7. The van der Waals surface area contributed by atoms with E-state index < -0.39 is 0 Å². The Labute approximate surface area is 156 Å². The van der Waals surface area contributed by atoms with Gasteiger partial charge in [-0.3, -0.25) is 9.78 Å². The van der Waals surface area contributed by atoms with Gasteiger partial charge in [0.1, 0.15) is 0 Å². The molecule has 6 nitrogen and oxygen atoms in total. The Hall–Kier alpha value is -2.67. The molecule has 3 rings (SSSR count). The van der Waals surface area contributed by atoms with Gasteiger partial charge in [-0.15, -0.1) is 10.2 Å². The molecule has 0 spiro atoms. The summed E-state index contributed by atoms with van der Waals surface area (Å²) in [6.45, 7) is 1.99. The first-order valence-electron chi connectivity index (χ1n) is 8.15. The number of aromatic nitrogens is 3. The number of aryl methyl sites for hydroxylation is 1.